The highest BCUT2D eigenvalue weighted by Crippen LogP contribution is 2.18. The molecule has 0 aliphatic heterocycles. The van der Waals surface area contributed by atoms with Gasteiger partial charge in [0, 0.05) is 30.7 Å². The van der Waals surface area contributed by atoms with Gasteiger partial charge in [-0.25, -0.2) is 9.67 Å². The van der Waals surface area contributed by atoms with Crippen LogP contribution in [-0.2, 0) is 6.54 Å². The molecule has 0 spiro atoms. The van der Waals surface area contributed by atoms with Crippen molar-refractivity contribution in [3.63, 3.8) is 0 Å². The lowest BCUT2D eigenvalue weighted by Gasteiger charge is -2.10. The van der Waals surface area contributed by atoms with Crippen LogP contribution < -0.4 is 5.32 Å². The number of amides is 1. The first-order chi connectivity index (χ1) is 11.1. The number of carbonyl (C=O) groups excluding carboxylic acids is 1. The number of aryl methyl sites for hydroxylation is 1. The summed E-state index contributed by atoms with van der Waals surface area (Å²) in [5, 5.41) is 16.8. The zero-order valence-corrected chi connectivity index (χ0v) is 12.6. The number of carbonyl (C=O) groups is 1. The van der Waals surface area contributed by atoms with E-state index in [4.69, 9.17) is 0 Å². The summed E-state index contributed by atoms with van der Waals surface area (Å²) in [6, 6.07) is 10.4. The Hall–Kier alpha value is -3.15. The number of aromatic nitrogens is 3. The highest BCUT2D eigenvalue weighted by atomic mass is 16.3. The predicted molar refractivity (Wildman–Crippen MR) is 85.4 cm³/mol. The van der Waals surface area contributed by atoms with E-state index in [1.54, 1.807) is 53.6 Å². The number of benzene rings is 1. The van der Waals surface area contributed by atoms with Crippen LogP contribution in [0, 0.1) is 6.92 Å². The number of hydrogen-bond donors (Lipinski definition) is 2. The van der Waals surface area contributed by atoms with Gasteiger partial charge in [0.25, 0.3) is 5.91 Å². The summed E-state index contributed by atoms with van der Waals surface area (Å²) in [6.45, 7) is 2.14. The monoisotopic (exact) mass is 308 g/mol. The molecule has 0 aliphatic rings. The molecule has 1 aromatic carbocycles. The zero-order valence-electron chi connectivity index (χ0n) is 12.6. The molecule has 2 N–H and O–H groups in total. The van der Waals surface area contributed by atoms with E-state index >= 15 is 0 Å². The Kier molecular flexibility index (Phi) is 4.05. The fourth-order valence-electron chi connectivity index (χ4n) is 2.27. The maximum atomic E-state index is 12.2. The summed E-state index contributed by atoms with van der Waals surface area (Å²) in [5.41, 5.74) is 1.98. The van der Waals surface area contributed by atoms with E-state index in [0.717, 1.165) is 11.1 Å². The summed E-state index contributed by atoms with van der Waals surface area (Å²) < 4.78 is 1.64. The fourth-order valence-corrected chi connectivity index (χ4v) is 2.27. The minimum atomic E-state index is -0.335. The highest BCUT2D eigenvalue weighted by Gasteiger charge is 2.12. The topological polar surface area (TPSA) is 80.0 Å². The first-order valence-electron chi connectivity index (χ1n) is 7.17. The SMILES string of the molecule is Cc1ccc(C(=O)NCc2cccnc2-n2cccn2)c(O)c1. The lowest BCUT2D eigenvalue weighted by Crippen LogP contribution is -2.24. The highest BCUT2D eigenvalue weighted by molar-refractivity contribution is 5.96. The van der Waals surface area contributed by atoms with Crippen LogP contribution in [0.5, 0.6) is 5.75 Å². The first-order valence-corrected chi connectivity index (χ1v) is 7.17. The van der Waals surface area contributed by atoms with Gasteiger partial charge in [-0.2, -0.15) is 5.10 Å². The standard InChI is InChI=1S/C17H16N4O2/c1-12-5-6-14(15(22)10-12)17(23)19-11-13-4-2-7-18-16(13)21-9-3-8-20-21/h2-10,22H,11H2,1H3,(H,19,23). The molecule has 116 valence electrons. The normalized spacial score (nSPS) is 10.5. The van der Waals surface area contributed by atoms with E-state index < -0.39 is 0 Å². The van der Waals surface area contributed by atoms with Crippen molar-refractivity contribution in [2.24, 2.45) is 0 Å². The second-order valence-corrected chi connectivity index (χ2v) is 5.14. The van der Waals surface area contributed by atoms with Crippen molar-refractivity contribution in [3.05, 3.63) is 71.7 Å². The van der Waals surface area contributed by atoms with E-state index in [9.17, 15) is 9.90 Å². The lowest BCUT2D eigenvalue weighted by molar-refractivity contribution is 0.0948. The van der Waals surface area contributed by atoms with Gasteiger partial charge in [0.1, 0.15) is 5.75 Å². The average molecular weight is 308 g/mol. The summed E-state index contributed by atoms with van der Waals surface area (Å²) >= 11 is 0. The van der Waals surface area contributed by atoms with Crippen LogP contribution in [0.1, 0.15) is 21.5 Å². The molecule has 0 radical (unpaired) electrons. The van der Waals surface area contributed by atoms with Crippen LogP contribution in [0.25, 0.3) is 5.82 Å². The van der Waals surface area contributed by atoms with Gasteiger partial charge in [0.2, 0.25) is 0 Å². The number of phenolic OH excluding ortho intramolecular Hbond substituents is 1. The maximum absolute atomic E-state index is 12.2. The molecule has 23 heavy (non-hydrogen) atoms. The molecule has 0 unspecified atom stereocenters. The van der Waals surface area contributed by atoms with Gasteiger partial charge in [0.15, 0.2) is 5.82 Å². The van der Waals surface area contributed by atoms with Crippen molar-refractivity contribution in [1.82, 2.24) is 20.1 Å². The quantitative estimate of drug-likeness (QED) is 0.774. The third-order valence-corrected chi connectivity index (χ3v) is 3.43. The Morgan fingerprint density at radius 1 is 1.26 bits per heavy atom. The summed E-state index contributed by atoms with van der Waals surface area (Å²) in [7, 11) is 0. The number of rotatable bonds is 4. The number of nitrogens with zero attached hydrogens (tertiary/aromatic N) is 3. The van der Waals surface area contributed by atoms with E-state index in [1.807, 2.05) is 13.0 Å². The Morgan fingerprint density at radius 2 is 2.13 bits per heavy atom. The van der Waals surface area contributed by atoms with Crippen molar-refractivity contribution in [2.45, 2.75) is 13.5 Å². The van der Waals surface area contributed by atoms with Crippen molar-refractivity contribution in [3.8, 4) is 11.6 Å². The van der Waals surface area contributed by atoms with Gasteiger partial charge >= 0.3 is 0 Å². The molecule has 2 aromatic heterocycles. The average Bonchev–Trinajstić information content (AvgIpc) is 3.07. The minimum Gasteiger partial charge on any atom is -0.507 e. The number of aromatic hydroxyl groups is 1. The van der Waals surface area contributed by atoms with Gasteiger partial charge < -0.3 is 10.4 Å². The molecule has 3 aromatic rings. The van der Waals surface area contributed by atoms with Crippen LogP contribution in [0.2, 0.25) is 0 Å². The molecule has 0 saturated heterocycles. The second kappa shape index (κ2) is 6.31. The van der Waals surface area contributed by atoms with Crippen molar-refractivity contribution < 1.29 is 9.90 Å². The van der Waals surface area contributed by atoms with E-state index in [-0.39, 0.29) is 23.8 Å². The van der Waals surface area contributed by atoms with Crippen molar-refractivity contribution in [2.75, 3.05) is 0 Å². The molecular weight excluding hydrogens is 292 g/mol. The molecule has 1 amide bonds. The predicted octanol–water partition coefficient (Wildman–Crippen LogP) is 2.21. The lowest BCUT2D eigenvalue weighted by atomic mass is 10.1. The molecule has 6 nitrogen and oxygen atoms in total. The zero-order chi connectivity index (χ0) is 16.2. The van der Waals surface area contributed by atoms with E-state index in [0.29, 0.717) is 5.82 Å². The van der Waals surface area contributed by atoms with Crippen LogP contribution in [0.4, 0.5) is 0 Å². The summed E-state index contributed by atoms with van der Waals surface area (Å²) in [5.74, 6) is 0.296. The van der Waals surface area contributed by atoms with Gasteiger partial charge in [0.05, 0.1) is 5.56 Å². The molecule has 3 rings (SSSR count). The number of pyridine rings is 1. The third-order valence-electron chi connectivity index (χ3n) is 3.43. The van der Waals surface area contributed by atoms with Crippen LogP contribution in [-0.4, -0.2) is 25.8 Å². The Labute approximate surface area is 133 Å². The second-order valence-electron chi connectivity index (χ2n) is 5.14. The maximum Gasteiger partial charge on any atom is 0.255 e. The van der Waals surface area contributed by atoms with Crippen molar-refractivity contribution in [1.29, 1.82) is 0 Å². The minimum absolute atomic E-state index is 0.0269. The van der Waals surface area contributed by atoms with E-state index in [1.165, 1.54) is 0 Å². The number of phenols is 1. The molecule has 0 fully saturated rings. The molecular formula is C17H16N4O2. The fraction of sp³-hybridized carbons (Fsp3) is 0.118. The molecule has 6 heteroatoms. The van der Waals surface area contributed by atoms with E-state index in [2.05, 4.69) is 15.4 Å². The molecule has 0 bridgehead atoms. The number of hydrogen-bond acceptors (Lipinski definition) is 4. The first kappa shape index (κ1) is 14.8. The summed E-state index contributed by atoms with van der Waals surface area (Å²) in [4.78, 5) is 16.5. The molecule has 0 aliphatic carbocycles. The van der Waals surface area contributed by atoms with Crippen molar-refractivity contribution >= 4 is 5.91 Å². The Balaban J connectivity index is 1.77. The van der Waals surface area contributed by atoms with Crippen LogP contribution in [0.3, 0.4) is 0 Å². The van der Waals surface area contributed by atoms with Gasteiger partial charge in [-0.1, -0.05) is 12.1 Å². The number of nitrogens with one attached hydrogen (secondary N) is 1. The van der Waals surface area contributed by atoms with Gasteiger partial charge in [-0.15, -0.1) is 0 Å². The molecule has 2 heterocycles. The Morgan fingerprint density at radius 3 is 2.87 bits per heavy atom. The van der Waals surface area contributed by atoms with Crippen LogP contribution in [0.15, 0.2) is 55.0 Å². The summed E-state index contributed by atoms with van der Waals surface area (Å²) in [6.07, 6.45) is 5.13. The van der Waals surface area contributed by atoms with Gasteiger partial charge in [-0.05, 0) is 36.8 Å². The third kappa shape index (κ3) is 3.21. The largest absolute Gasteiger partial charge is 0.507 e. The van der Waals surface area contributed by atoms with Crippen LogP contribution >= 0.6 is 0 Å². The molecule has 0 atom stereocenters. The smallest absolute Gasteiger partial charge is 0.255 e. The molecule has 0 saturated carbocycles. The van der Waals surface area contributed by atoms with Gasteiger partial charge in [-0.3, -0.25) is 4.79 Å². The Bertz CT molecular complexity index is 828.